The molecule has 1 aliphatic rings. The molecule has 0 radical (unpaired) electrons. The van der Waals surface area contributed by atoms with Crippen LogP contribution in [0.5, 0.6) is 0 Å². The van der Waals surface area contributed by atoms with Crippen LogP contribution in [-0.4, -0.2) is 12.2 Å². The molecule has 1 atom stereocenters. The molecule has 12 heavy (non-hydrogen) atoms. The highest BCUT2D eigenvalue weighted by Crippen LogP contribution is 2.32. The Labute approximate surface area is 80.9 Å². The average molecular weight is 227 g/mol. The summed E-state index contributed by atoms with van der Waals surface area (Å²) in [4.78, 5) is 0. The van der Waals surface area contributed by atoms with Gasteiger partial charge in [-0.15, -0.1) is 0 Å². The normalized spacial score (nSPS) is 27.2. The number of ether oxygens (including phenoxy) is 1. The van der Waals surface area contributed by atoms with E-state index in [1.54, 1.807) is 0 Å². The molecule has 1 aliphatic heterocycles. The highest BCUT2D eigenvalue weighted by atomic mass is 79.9. The van der Waals surface area contributed by atoms with Crippen LogP contribution in [0.15, 0.2) is 28.7 Å². The zero-order valence-corrected chi connectivity index (χ0v) is 8.60. The van der Waals surface area contributed by atoms with Crippen molar-refractivity contribution in [3.05, 3.63) is 34.3 Å². The van der Waals surface area contributed by atoms with E-state index in [2.05, 4.69) is 41.1 Å². The van der Waals surface area contributed by atoms with E-state index in [-0.39, 0.29) is 5.60 Å². The van der Waals surface area contributed by atoms with Crippen molar-refractivity contribution in [2.75, 3.05) is 6.61 Å². The molecular formula is C10H11BrO. The van der Waals surface area contributed by atoms with Gasteiger partial charge in [-0.25, -0.2) is 0 Å². The Morgan fingerprint density at radius 2 is 2.17 bits per heavy atom. The third-order valence-corrected chi connectivity index (χ3v) is 2.93. The molecule has 2 heteroatoms. The highest BCUT2D eigenvalue weighted by molar-refractivity contribution is 9.10. The molecule has 0 amide bonds. The highest BCUT2D eigenvalue weighted by Gasteiger charge is 2.39. The van der Waals surface area contributed by atoms with Gasteiger partial charge in [0.15, 0.2) is 0 Å². The lowest BCUT2D eigenvalue weighted by Gasteiger charge is -2.06. The maximum Gasteiger partial charge on any atom is 0.0929 e. The van der Waals surface area contributed by atoms with Gasteiger partial charge in [0, 0.05) is 10.9 Å². The maximum absolute atomic E-state index is 5.33. The molecule has 0 saturated carbocycles. The molecule has 0 spiro atoms. The van der Waals surface area contributed by atoms with E-state index in [0.29, 0.717) is 0 Å². The topological polar surface area (TPSA) is 12.5 Å². The third-order valence-electron chi connectivity index (χ3n) is 2.16. The summed E-state index contributed by atoms with van der Waals surface area (Å²) in [5, 5.41) is 0. The van der Waals surface area contributed by atoms with E-state index in [1.165, 1.54) is 10.0 Å². The summed E-state index contributed by atoms with van der Waals surface area (Å²) in [5.74, 6) is 0. The number of epoxide rings is 1. The van der Waals surface area contributed by atoms with Crippen molar-refractivity contribution >= 4 is 15.9 Å². The fourth-order valence-electron chi connectivity index (χ4n) is 1.27. The quantitative estimate of drug-likeness (QED) is 0.707. The molecule has 1 aromatic carbocycles. The number of hydrogen-bond acceptors (Lipinski definition) is 1. The van der Waals surface area contributed by atoms with E-state index < -0.39 is 0 Å². The van der Waals surface area contributed by atoms with Crippen LogP contribution in [0.4, 0.5) is 0 Å². The van der Waals surface area contributed by atoms with Crippen LogP contribution in [0.1, 0.15) is 12.5 Å². The lowest BCUT2D eigenvalue weighted by molar-refractivity contribution is 0.322. The maximum atomic E-state index is 5.33. The fourth-order valence-corrected chi connectivity index (χ4v) is 1.69. The van der Waals surface area contributed by atoms with Gasteiger partial charge in [-0.3, -0.25) is 0 Å². The second kappa shape index (κ2) is 2.86. The Bertz CT molecular complexity index is 292. The first-order valence-electron chi connectivity index (χ1n) is 4.07. The van der Waals surface area contributed by atoms with Gasteiger partial charge in [0.05, 0.1) is 12.2 Å². The van der Waals surface area contributed by atoms with Crippen molar-refractivity contribution in [3.63, 3.8) is 0 Å². The molecule has 0 bridgehead atoms. The van der Waals surface area contributed by atoms with E-state index in [9.17, 15) is 0 Å². The fraction of sp³-hybridized carbons (Fsp3) is 0.400. The molecule has 1 aromatic rings. The minimum Gasteiger partial charge on any atom is -0.370 e. The summed E-state index contributed by atoms with van der Waals surface area (Å²) in [6.45, 7) is 3.04. The van der Waals surface area contributed by atoms with Gasteiger partial charge in [-0.2, -0.15) is 0 Å². The van der Waals surface area contributed by atoms with Gasteiger partial charge in [0.2, 0.25) is 0 Å². The standard InChI is InChI=1S/C10H11BrO/c1-10(7-12-10)6-8-4-2-3-5-9(8)11/h2-5H,6-7H2,1H3. The molecular weight excluding hydrogens is 216 g/mol. The van der Waals surface area contributed by atoms with Gasteiger partial charge in [-0.05, 0) is 18.6 Å². The van der Waals surface area contributed by atoms with Crippen molar-refractivity contribution < 1.29 is 4.74 Å². The van der Waals surface area contributed by atoms with E-state index in [0.717, 1.165) is 13.0 Å². The average Bonchev–Trinajstić information content (AvgIpc) is 2.74. The van der Waals surface area contributed by atoms with Gasteiger partial charge < -0.3 is 4.74 Å². The van der Waals surface area contributed by atoms with Gasteiger partial charge >= 0.3 is 0 Å². The summed E-state index contributed by atoms with van der Waals surface area (Å²) in [5.41, 5.74) is 1.45. The number of hydrogen-bond donors (Lipinski definition) is 0. The summed E-state index contributed by atoms with van der Waals surface area (Å²) in [6, 6.07) is 8.30. The van der Waals surface area contributed by atoms with Crippen LogP contribution in [0.25, 0.3) is 0 Å². The summed E-state index contributed by atoms with van der Waals surface area (Å²) in [6.07, 6.45) is 1.01. The molecule has 0 N–H and O–H groups in total. The Balaban J connectivity index is 2.17. The lowest BCUT2D eigenvalue weighted by Crippen LogP contribution is -2.08. The Morgan fingerprint density at radius 3 is 2.75 bits per heavy atom. The predicted molar refractivity (Wildman–Crippen MR) is 52.2 cm³/mol. The van der Waals surface area contributed by atoms with Crippen LogP contribution in [0.3, 0.4) is 0 Å². The van der Waals surface area contributed by atoms with Crippen molar-refractivity contribution in [2.45, 2.75) is 18.9 Å². The van der Waals surface area contributed by atoms with E-state index in [1.807, 2.05) is 6.07 Å². The summed E-state index contributed by atoms with van der Waals surface area (Å²) >= 11 is 3.52. The predicted octanol–water partition coefficient (Wildman–Crippen LogP) is 2.78. The van der Waals surface area contributed by atoms with E-state index >= 15 is 0 Å². The zero-order valence-electron chi connectivity index (χ0n) is 7.01. The first kappa shape index (κ1) is 8.27. The Kier molecular flexibility index (Phi) is 1.97. The second-order valence-corrected chi connectivity index (χ2v) is 4.36. The Morgan fingerprint density at radius 1 is 1.50 bits per heavy atom. The molecule has 1 fully saturated rings. The largest absolute Gasteiger partial charge is 0.370 e. The number of benzene rings is 1. The monoisotopic (exact) mass is 226 g/mol. The minimum atomic E-state index is 0.115. The van der Waals surface area contributed by atoms with Crippen LogP contribution in [0.2, 0.25) is 0 Å². The van der Waals surface area contributed by atoms with Crippen LogP contribution < -0.4 is 0 Å². The molecule has 1 saturated heterocycles. The number of halogens is 1. The summed E-state index contributed by atoms with van der Waals surface area (Å²) < 4.78 is 6.52. The van der Waals surface area contributed by atoms with Crippen molar-refractivity contribution in [3.8, 4) is 0 Å². The van der Waals surface area contributed by atoms with Gasteiger partial charge in [-0.1, -0.05) is 34.1 Å². The molecule has 1 unspecified atom stereocenters. The molecule has 1 nitrogen and oxygen atoms in total. The second-order valence-electron chi connectivity index (χ2n) is 3.51. The molecule has 64 valence electrons. The summed E-state index contributed by atoms with van der Waals surface area (Å²) in [7, 11) is 0. The lowest BCUT2D eigenvalue weighted by atomic mass is 10.0. The third kappa shape index (κ3) is 1.70. The van der Waals surface area contributed by atoms with Gasteiger partial charge in [0.25, 0.3) is 0 Å². The van der Waals surface area contributed by atoms with E-state index in [4.69, 9.17) is 4.74 Å². The molecule has 2 rings (SSSR count). The smallest absolute Gasteiger partial charge is 0.0929 e. The molecule has 1 heterocycles. The Hall–Kier alpha value is -0.340. The van der Waals surface area contributed by atoms with Crippen molar-refractivity contribution in [2.24, 2.45) is 0 Å². The zero-order chi connectivity index (χ0) is 8.60. The van der Waals surface area contributed by atoms with Crippen LogP contribution in [0, 0.1) is 0 Å². The molecule has 0 aromatic heterocycles. The van der Waals surface area contributed by atoms with Crippen molar-refractivity contribution in [1.82, 2.24) is 0 Å². The van der Waals surface area contributed by atoms with Crippen LogP contribution >= 0.6 is 15.9 Å². The molecule has 0 aliphatic carbocycles. The number of rotatable bonds is 2. The van der Waals surface area contributed by atoms with Crippen LogP contribution in [-0.2, 0) is 11.2 Å². The van der Waals surface area contributed by atoms with Gasteiger partial charge in [0.1, 0.15) is 0 Å². The van der Waals surface area contributed by atoms with Crippen molar-refractivity contribution in [1.29, 1.82) is 0 Å². The first-order chi connectivity index (χ1) is 5.70. The SMILES string of the molecule is CC1(Cc2ccccc2Br)CO1. The minimum absolute atomic E-state index is 0.115. The first-order valence-corrected chi connectivity index (χ1v) is 4.86.